The average molecular weight is 433 g/mol. The molecule has 0 aliphatic rings. The van der Waals surface area contributed by atoms with Gasteiger partial charge in [-0.2, -0.15) is 0 Å². The molecule has 5 nitrogen and oxygen atoms in total. The van der Waals surface area contributed by atoms with Crippen LogP contribution in [0.4, 0.5) is 18.3 Å². The van der Waals surface area contributed by atoms with Gasteiger partial charge in [0.1, 0.15) is 29.1 Å². The summed E-state index contributed by atoms with van der Waals surface area (Å²) in [6, 6.07) is 7.78. The van der Waals surface area contributed by atoms with Gasteiger partial charge in [-0.15, -0.1) is 11.3 Å². The molecule has 0 aliphatic heterocycles. The number of hydrogen-bond acceptors (Lipinski definition) is 4. The minimum atomic E-state index is -1.05. The third kappa shape index (κ3) is 4.85. The lowest BCUT2D eigenvalue weighted by Crippen LogP contribution is -2.47. The molecule has 1 heterocycles. The fraction of sp³-hybridized carbons (Fsp3) is 0.190. The molecule has 1 unspecified atom stereocenters. The van der Waals surface area contributed by atoms with Crippen molar-refractivity contribution in [1.29, 1.82) is 0 Å². The number of nitrogens with zero attached hydrogens (tertiary/aromatic N) is 1. The molecular weight excluding hydrogens is 415 g/mol. The molecule has 0 aliphatic carbocycles. The summed E-state index contributed by atoms with van der Waals surface area (Å²) in [4.78, 5) is 29.3. The van der Waals surface area contributed by atoms with E-state index in [0.29, 0.717) is 11.3 Å². The molecule has 2 amide bonds. The summed E-state index contributed by atoms with van der Waals surface area (Å²) in [5, 5.41) is 6.96. The van der Waals surface area contributed by atoms with Crippen LogP contribution >= 0.6 is 11.3 Å². The molecule has 0 radical (unpaired) electrons. The van der Waals surface area contributed by atoms with Gasteiger partial charge in [-0.3, -0.25) is 9.59 Å². The van der Waals surface area contributed by atoms with Crippen molar-refractivity contribution in [1.82, 2.24) is 10.3 Å². The van der Waals surface area contributed by atoms with Gasteiger partial charge < -0.3 is 10.6 Å². The number of halogens is 3. The van der Waals surface area contributed by atoms with Crippen molar-refractivity contribution >= 4 is 28.3 Å². The van der Waals surface area contributed by atoms with E-state index in [0.717, 1.165) is 29.5 Å². The van der Waals surface area contributed by atoms with E-state index in [4.69, 9.17) is 0 Å². The molecule has 3 aromatic rings. The van der Waals surface area contributed by atoms with Gasteiger partial charge >= 0.3 is 0 Å². The Labute approximate surface area is 175 Å². The highest BCUT2D eigenvalue weighted by Gasteiger charge is 2.28. The maximum Gasteiger partial charge on any atom is 0.257 e. The van der Waals surface area contributed by atoms with E-state index in [9.17, 15) is 22.8 Å². The van der Waals surface area contributed by atoms with Crippen LogP contribution in [0.3, 0.4) is 0 Å². The molecule has 2 N–H and O–H groups in total. The summed E-state index contributed by atoms with van der Waals surface area (Å²) in [5.41, 5.74) is 0.481. The Balaban J connectivity index is 1.73. The van der Waals surface area contributed by atoms with Crippen LogP contribution in [0.15, 0.2) is 47.8 Å². The standard InChI is InChI=1S/C21H18F3N3O2S/c1-11(2)18(26-19(28)17-14(23)4-3-5-15(17)24)20(29)27-21-25-16(10-30-21)12-6-8-13(22)9-7-12/h3-11,18H,1-2H3,(H,26,28)(H,25,27,29). The fourth-order valence-electron chi connectivity index (χ4n) is 2.73. The maximum atomic E-state index is 13.9. The summed E-state index contributed by atoms with van der Waals surface area (Å²) >= 11 is 1.16. The van der Waals surface area contributed by atoms with Gasteiger partial charge in [0.2, 0.25) is 5.91 Å². The fourth-order valence-corrected chi connectivity index (χ4v) is 3.45. The summed E-state index contributed by atoms with van der Waals surface area (Å²) < 4.78 is 40.8. The predicted octanol–water partition coefficient (Wildman–Crippen LogP) is 4.62. The van der Waals surface area contributed by atoms with Gasteiger partial charge in [-0.25, -0.2) is 18.2 Å². The lowest BCUT2D eigenvalue weighted by atomic mass is 10.0. The Bertz CT molecular complexity index is 1050. The summed E-state index contributed by atoms with van der Waals surface area (Å²) in [7, 11) is 0. The van der Waals surface area contributed by atoms with Crippen molar-refractivity contribution in [2.45, 2.75) is 19.9 Å². The third-order valence-corrected chi connectivity index (χ3v) is 5.06. The van der Waals surface area contributed by atoms with Crippen LogP contribution in [-0.2, 0) is 4.79 Å². The number of thiazole rings is 1. The monoisotopic (exact) mass is 433 g/mol. The van der Waals surface area contributed by atoms with Gasteiger partial charge in [0, 0.05) is 10.9 Å². The normalized spacial score (nSPS) is 11.9. The minimum absolute atomic E-state index is 0.274. The van der Waals surface area contributed by atoms with Crippen molar-refractivity contribution in [2.24, 2.45) is 5.92 Å². The first kappa shape index (κ1) is 21.5. The van der Waals surface area contributed by atoms with Crippen LogP contribution in [-0.4, -0.2) is 22.8 Å². The first-order valence-corrected chi connectivity index (χ1v) is 9.91. The molecule has 1 atom stereocenters. The van der Waals surface area contributed by atoms with Crippen LogP contribution in [0.5, 0.6) is 0 Å². The molecule has 1 aromatic heterocycles. The number of benzene rings is 2. The Kier molecular flexibility index (Phi) is 6.51. The van der Waals surface area contributed by atoms with E-state index in [1.54, 1.807) is 31.4 Å². The predicted molar refractivity (Wildman–Crippen MR) is 109 cm³/mol. The lowest BCUT2D eigenvalue weighted by Gasteiger charge is -2.21. The second-order valence-corrected chi connectivity index (χ2v) is 7.68. The van der Waals surface area contributed by atoms with Gasteiger partial charge in [0.25, 0.3) is 5.91 Å². The van der Waals surface area contributed by atoms with E-state index in [1.807, 2.05) is 0 Å². The zero-order chi connectivity index (χ0) is 21.8. The van der Waals surface area contributed by atoms with E-state index in [2.05, 4.69) is 15.6 Å². The van der Waals surface area contributed by atoms with Crippen LogP contribution in [0, 0.1) is 23.4 Å². The number of amides is 2. The van der Waals surface area contributed by atoms with Crippen molar-refractivity contribution in [3.05, 3.63) is 70.9 Å². The number of carbonyl (C=O) groups excluding carboxylic acids is 2. The first-order valence-electron chi connectivity index (χ1n) is 9.03. The molecule has 0 fully saturated rings. The molecular formula is C21H18F3N3O2S. The second-order valence-electron chi connectivity index (χ2n) is 6.83. The second kappa shape index (κ2) is 9.08. The highest BCUT2D eigenvalue weighted by Crippen LogP contribution is 2.25. The Morgan fingerprint density at radius 1 is 1.00 bits per heavy atom. The smallest absolute Gasteiger partial charge is 0.257 e. The van der Waals surface area contributed by atoms with Gasteiger partial charge in [-0.05, 0) is 42.3 Å². The number of anilines is 1. The van der Waals surface area contributed by atoms with Gasteiger partial charge in [0.05, 0.1) is 5.69 Å². The number of nitrogens with one attached hydrogen (secondary N) is 2. The molecule has 0 saturated carbocycles. The van der Waals surface area contributed by atoms with Crippen molar-refractivity contribution in [3.63, 3.8) is 0 Å². The quantitative estimate of drug-likeness (QED) is 0.596. The van der Waals surface area contributed by atoms with E-state index < -0.39 is 35.1 Å². The SMILES string of the molecule is CC(C)C(NC(=O)c1c(F)cccc1F)C(=O)Nc1nc(-c2ccc(F)cc2)cs1. The van der Waals surface area contributed by atoms with Gasteiger partial charge in [0.15, 0.2) is 5.13 Å². The number of rotatable bonds is 6. The summed E-state index contributed by atoms with van der Waals surface area (Å²) in [6.07, 6.45) is 0. The van der Waals surface area contributed by atoms with Crippen molar-refractivity contribution < 1.29 is 22.8 Å². The van der Waals surface area contributed by atoms with E-state index >= 15 is 0 Å². The number of carbonyl (C=O) groups is 2. The molecule has 2 aromatic carbocycles. The maximum absolute atomic E-state index is 13.9. The van der Waals surface area contributed by atoms with Crippen LogP contribution < -0.4 is 10.6 Å². The highest BCUT2D eigenvalue weighted by atomic mass is 32.1. The average Bonchev–Trinajstić information content (AvgIpc) is 3.14. The van der Waals surface area contributed by atoms with Crippen molar-refractivity contribution in [3.8, 4) is 11.3 Å². The van der Waals surface area contributed by atoms with Gasteiger partial charge in [-0.1, -0.05) is 19.9 Å². The molecule has 0 spiro atoms. The van der Waals surface area contributed by atoms with E-state index in [-0.39, 0.29) is 16.9 Å². The Morgan fingerprint density at radius 2 is 1.63 bits per heavy atom. The lowest BCUT2D eigenvalue weighted by molar-refractivity contribution is -0.118. The summed E-state index contributed by atoms with van der Waals surface area (Å²) in [5.74, 6) is -4.36. The molecule has 0 bridgehead atoms. The molecule has 0 saturated heterocycles. The molecule has 3 rings (SSSR count). The summed E-state index contributed by atoms with van der Waals surface area (Å²) in [6.45, 7) is 3.38. The third-order valence-electron chi connectivity index (χ3n) is 4.30. The molecule has 9 heteroatoms. The Morgan fingerprint density at radius 3 is 2.23 bits per heavy atom. The molecule has 156 valence electrons. The zero-order valence-corrected chi connectivity index (χ0v) is 16.9. The van der Waals surface area contributed by atoms with Crippen LogP contribution in [0.25, 0.3) is 11.3 Å². The van der Waals surface area contributed by atoms with E-state index in [1.165, 1.54) is 12.1 Å². The first-order chi connectivity index (χ1) is 14.3. The largest absolute Gasteiger partial charge is 0.340 e. The topological polar surface area (TPSA) is 71.1 Å². The minimum Gasteiger partial charge on any atom is -0.340 e. The van der Waals surface area contributed by atoms with Crippen molar-refractivity contribution in [2.75, 3.05) is 5.32 Å². The number of hydrogen-bond donors (Lipinski definition) is 2. The van der Waals surface area contributed by atoms with Crippen LogP contribution in [0.1, 0.15) is 24.2 Å². The number of aromatic nitrogens is 1. The Hall–Kier alpha value is -3.20. The zero-order valence-electron chi connectivity index (χ0n) is 16.1. The van der Waals surface area contributed by atoms with Crippen LogP contribution in [0.2, 0.25) is 0 Å². The highest BCUT2D eigenvalue weighted by molar-refractivity contribution is 7.14. The molecule has 30 heavy (non-hydrogen) atoms.